The summed E-state index contributed by atoms with van der Waals surface area (Å²) < 4.78 is 19.3. The van der Waals surface area contributed by atoms with Gasteiger partial charge in [0.05, 0.1) is 6.10 Å². The summed E-state index contributed by atoms with van der Waals surface area (Å²) >= 11 is 0. The zero-order valence-corrected chi connectivity index (χ0v) is 26.9. The van der Waals surface area contributed by atoms with E-state index in [1.165, 1.54) is 18.1 Å². The molecule has 0 aliphatic rings. The Morgan fingerprint density at radius 3 is 2.19 bits per heavy atom. The minimum atomic E-state index is -2.25. The molecule has 1 aromatic carbocycles. The summed E-state index contributed by atoms with van der Waals surface area (Å²) in [7, 11) is -2.25. The predicted molar refractivity (Wildman–Crippen MR) is 161 cm³/mol. The van der Waals surface area contributed by atoms with E-state index in [4.69, 9.17) is 13.9 Å². The van der Waals surface area contributed by atoms with Crippen LogP contribution < -0.4 is 13.9 Å². The van der Waals surface area contributed by atoms with Gasteiger partial charge in [0.2, 0.25) is 0 Å². The molecule has 0 saturated carbocycles. The highest BCUT2D eigenvalue weighted by molar-refractivity contribution is 6.74. The first-order valence-corrected chi connectivity index (χ1v) is 17.0. The highest BCUT2D eigenvalue weighted by Gasteiger charge is 2.41. The van der Waals surface area contributed by atoms with E-state index < -0.39 is 8.32 Å². The van der Waals surface area contributed by atoms with E-state index in [0.29, 0.717) is 17.9 Å². The van der Waals surface area contributed by atoms with Crippen LogP contribution in [0.2, 0.25) is 18.1 Å². The van der Waals surface area contributed by atoms with Crippen molar-refractivity contribution in [3.63, 3.8) is 0 Å². The van der Waals surface area contributed by atoms with Gasteiger partial charge in [-0.3, -0.25) is 4.79 Å². The highest BCUT2D eigenvalue weighted by atomic mass is 28.4. The summed E-state index contributed by atoms with van der Waals surface area (Å²) in [6.07, 6.45) is 11.4. The van der Waals surface area contributed by atoms with Gasteiger partial charge in [0.15, 0.2) is 11.5 Å². The van der Waals surface area contributed by atoms with E-state index in [0.717, 1.165) is 55.4 Å². The lowest BCUT2D eigenvalue weighted by Gasteiger charge is -2.38. The number of allylic oxidation sites excluding steroid dienone is 4. The molecule has 0 unspecified atom stereocenters. The molecule has 0 aliphatic carbocycles. The lowest BCUT2D eigenvalue weighted by molar-refractivity contribution is -0.132. The minimum Gasteiger partial charge on any atom is -0.541 e. The Kier molecular flexibility index (Phi) is 13.2. The lowest BCUT2D eigenvalue weighted by Crippen LogP contribution is -2.44. The molecule has 0 aromatic heterocycles. The second kappa shape index (κ2) is 14.8. The fourth-order valence-electron chi connectivity index (χ4n) is 3.75. The highest BCUT2D eigenvalue weighted by Crippen LogP contribution is 2.47. The third-order valence-electron chi connectivity index (χ3n) is 6.94. The summed E-state index contributed by atoms with van der Waals surface area (Å²) in [5, 5.41) is -0.00878. The van der Waals surface area contributed by atoms with Crippen molar-refractivity contribution in [1.82, 2.24) is 0 Å². The van der Waals surface area contributed by atoms with Gasteiger partial charge in [0, 0.05) is 18.1 Å². The fourth-order valence-corrected chi connectivity index (χ4v) is 4.78. The molecule has 0 heterocycles. The van der Waals surface area contributed by atoms with Crippen molar-refractivity contribution in [3.8, 4) is 17.2 Å². The second-order valence-corrected chi connectivity index (χ2v) is 17.0. The maximum atomic E-state index is 12.3. The Labute approximate surface area is 229 Å². The molecule has 0 amide bonds. The number of ether oxygens (including phenoxy) is 2. The van der Waals surface area contributed by atoms with Gasteiger partial charge in [0.25, 0.3) is 8.32 Å². The first-order valence-electron chi connectivity index (χ1n) is 14.1. The number of hydrogen-bond donors (Lipinski definition) is 0. The van der Waals surface area contributed by atoms with Crippen LogP contribution in [0.3, 0.4) is 0 Å². The van der Waals surface area contributed by atoms with Gasteiger partial charge >= 0.3 is 5.97 Å². The van der Waals surface area contributed by atoms with Crippen molar-refractivity contribution >= 4 is 14.3 Å². The van der Waals surface area contributed by atoms with Crippen LogP contribution in [0.25, 0.3) is 0 Å². The van der Waals surface area contributed by atoms with Gasteiger partial charge in [-0.25, -0.2) is 0 Å². The van der Waals surface area contributed by atoms with Gasteiger partial charge in [0.1, 0.15) is 5.75 Å². The van der Waals surface area contributed by atoms with E-state index in [1.807, 2.05) is 0 Å². The molecule has 5 heteroatoms. The molecule has 0 saturated heterocycles. The molecule has 1 rings (SSSR count). The SMILES string of the molecule is CCCCCc1cc(OC(C)C)c(C/C=C(\C)CCC=C(C)C)c(O[Si](C)(C)C(C)(C)C)c1OC(C)=O. The van der Waals surface area contributed by atoms with Gasteiger partial charge < -0.3 is 13.9 Å². The zero-order chi connectivity index (χ0) is 28.4. The maximum Gasteiger partial charge on any atom is 0.308 e. The number of esters is 1. The molecule has 0 N–H and O–H groups in total. The minimum absolute atomic E-state index is 0.00878. The van der Waals surface area contributed by atoms with E-state index in [2.05, 4.69) is 93.6 Å². The van der Waals surface area contributed by atoms with Crippen molar-refractivity contribution in [2.45, 2.75) is 138 Å². The van der Waals surface area contributed by atoms with Crippen molar-refractivity contribution in [2.75, 3.05) is 0 Å². The average molecular weight is 531 g/mol. The molecule has 1 aromatic rings. The van der Waals surface area contributed by atoms with Gasteiger partial charge in [-0.05, 0) is 90.9 Å². The summed E-state index contributed by atoms with van der Waals surface area (Å²) in [5.41, 5.74) is 4.62. The topological polar surface area (TPSA) is 44.8 Å². The molecular formula is C32H54O4Si. The van der Waals surface area contributed by atoms with Gasteiger partial charge in [-0.1, -0.05) is 63.8 Å². The first-order chi connectivity index (χ1) is 17.1. The normalized spacial score (nSPS) is 12.5. The molecule has 0 bridgehead atoms. The first kappa shape index (κ1) is 33.0. The molecule has 4 nitrogen and oxygen atoms in total. The summed E-state index contributed by atoms with van der Waals surface area (Å²) in [6.45, 7) is 25.4. The third kappa shape index (κ3) is 11.1. The second-order valence-electron chi connectivity index (χ2n) is 12.3. The van der Waals surface area contributed by atoms with E-state index >= 15 is 0 Å². The molecule has 37 heavy (non-hydrogen) atoms. The summed E-state index contributed by atoms with van der Waals surface area (Å²) in [4.78, 5) is 12.3. The number of hydrogen-bond acceptors (Lipinski definition) is 4. The van der Waals surface area contributed by atoms with E-state index in [9.17, 15) is 4.79 Å². The van der Waals surface area contributed by atoms with Crippen LogP contribution >= 0.6 is 0 Å². The Balaban J connectivity index is 3.80. The van der Waals surface area contributed by atoms with Crippen LogP contribution in [0.4, 0.5) is 0 Å². The maximum absolute atomic E-state index is 12.3. The zero-order valence-electron chi connectivity index (χ0n) is 25.9. The van der Waals surface area contributed by atoms with Crippen molar-refractivity contribution in [3.05, 3.63) is 40.5 Å². The van der Waals surface area contributed by atoms with Crippen LogP contribution in [-0.4, -0.2) is 20.4 Å². The summed E-state index contributed by atoms with van der Waals surface area (Å²) in [6, 6.07) is 2.09. The van der Waals surface area contributed by atoms with Crippen LogP contribution in [0, 0.1) is 0 Å². The van der Waals surface area contributed by atoms with Crippen molar-refractivity contribution in [1.29, 1.82) is 0 Å². The largest absolute Gasteiger partial charge is 0.541 e. The number of rotatable bonds is 14. The number of unbranched alkanes of at least 4 members (excludes halogenated alkanes) is 2. The lowest BCUT2D eigenvalue weighted by atomic mass is 9.98. The monoisotopic (exact) mass is 530 g/mol. The Morgan fingerprint density at radius 1 is 1.03 bits per heavy atom. The number of aryl methyl sites for hydroxylation is 1. The molecule has 210 valence electrons. The van der Waals surface area contributed by atoms with Gasteiger partial charge in [-0.15, -0.1) is 0 Å². The fraction of sp³-hybridized carbons (Fsp3) is 0.656. The Hall–Kier alpha value is -2.01. The van der Waals surface area contributed by atoms with Crippen LogP contribution in [-0.2, 0) is 17.6 Å². The van der Waals surface area contributed by atoms with Crippen LogP contribution in [0.5, 0.6) is 17.2 Å². The quantitative estimate of drug-likeness (QED) is 0.0789. The molecule has 0 atom stereocenters. The van der Waals surface area contributed by atoms with Crippen LogP contribution in [0.1, 0.15) is 112 Å². The molecule has 0 radical (unpaired) electrons. The van der Waals surface area contributed by atoms with Crippen molar-refractivity contribution in [2.24, 2.45) is 0 Å². The molecular weight excluding hydrogens is 476 g/mol. The Morgan fingerprint density at radius 2 is 1.68 bits per heavy atom. The van der Waals surface area contributed by atoms with E-state index in [1.54, 1.807) is 0 Å². The molecule has 0 fully saturated rings. The number of carbonyl (C=O) groups excluding carboxylic acids is 1. The average Bonchev–Trinajstić information content (AvgIpc) is 2.73. The number of carbonyl (C=O) groups is 1. The smallest absolute Gasteiger partial charge is 0.308 e. The van der Waals surface area contributed by atoms with Gasteiger partial charge in [-0.2, -0.15) is 0 Å². The number of benzene rings is 1. The molecule has 0 aliphatic heterocycles. The van der Waals surface area contributed by atoms with Crippen molar-refractivity contribution < 1.29 is 18.7 Å². The standard InChI is InChI=1S/C32H54O4Si/c1-13-14-15-19-27-22-29(34-24(4)5)28(21-20-25(6)18-16-17-23(2)3)31(30(27)35-26(7)33)36-37(11,12)32(8,9)10/h17,20,22,24H,13-16,18-19,21H2,1-12H3/b25-20+. The third-order valence-corrected chi connectivity index (χ3v) is 11.3. The van der Waals surface area contributed by atoms with E-state index in [-0.39, 0.29) is 17.1 Å². The Bertz CT molecular complexity index is 945. The van der Waals surface area contributed by atoms with Crippen LogP contribution in [0.15, 0.2) is 29.4 Å². The predicted octanol–water partition coefficient (Wildman–Crippen LogP) is 9.75. The molecule has 0 spiro atoms. The summed E-state index contributed by atoms with van der Waals surface area (Å²) in [5.74, 6) is 1.78.